The maximum atomic E-state index is 13.0. The first-order valence-electron chi connectivity index (χ1n) is 9.79. The summed E-state index contributed by atoms with van der Waals surface area (Å²) >= 11 is 0. The quantitative estimate of drug-likeness (QED) is 0.406. The summed E-state index contributed by atoms with van der Waals surface area (Å²) in [5.41, 5.74) is 7.52. The number of hydrogen-bond donors (Lipinski definition) is 1. The van der Waals surface area contributed by atoms with Gasteiger partial charge < -0.3 is 10.6 Å². The number of anilines is 1. The lowest BCUT2D eigenvalue weighted by atomic mass is 10.0. The third-order valence-electron chi connectivity index (χ3n) is 5.49. The maximum Gasteiger partial charge on any atom is 0.292 e. The number of nitro benzene ring substituents is 1. The molecule has 8 nitrogen and oxygen atoms in total. The average molecular weight is 393 g/mol. The van der Waals surface area contributed by atoms with Crippen molar-refractivity contribution in [2.45, 2.75) is 25.8 Å². The molecule has 0 bridgehead atoms. The van der Waals surface area contributed by atoms with E-state index in [4.69, 9.17) is 5.73 Å². The molecule has 1 saturated heterocycles. The lowest BCUT2D eigenvalue weighted by Crippen LogP contribution is -2.34. The average Bonchev–Trinajstić information content (AvgIpc) is 2.74. The van der Waals surface area contributed by atoms with Gasteiger partial charge in [-0.25, -0.2) is 4.98 Å². The lowest BCUT2D eigenvalue weighted by Gasteiger charge is -2.26. The van der Waals surface area contributed by atoms with Crippen LogP contribution in [0.3, 0.4) is 0 Å². The first-order valence-corrected chi connectivity index (χ1v) is 9.79. The van der Waals surface area contributed by atoms with Gasteiger partial charge in [0.05, 0.1) is 22.2 Å². The predicted molar refractivity (Wildman–Crippen MR) is 113 cm³/mol. The Kier molecular flexibility index (Phi) is 5.26. The number of likely N-dealkylation sites (tertiary alicyclic amines) is 1. The fourth-order valence-electron chi connectivity index (χ4n) is 3.81. The van der Waals surface area contributed by atoms with Crippen molar-refractivity contribution in [3.05, 3.63) is 63.2 Å². The summed E-state index contributed by atoms with van der Waals surface area (Å²) in [5, 5.41) is 11.7. The zero-order valence-electron chi connectivity index (χ0n) is 16.1. The molecule has 0 unspecified atom stereocenters. The van der Waals surface area contributed by atoms with E-state index in [2.05, 4.69) is 9.88 Å². The monoisotopic (exact) mass is 393 g/mol. The maximum absolute atomic E-state index is 13.0. The minimum Gasteiger partial charge on any atom is -0.393 e. The van der Waals surface area contributed by atoms with E-state index in [9.17, 15) is 14.9 Å². The molecule has 29 heavy (non-hydrogen) atoms. The van der Waals surface area contributed by atoms with Crippen LogP contribution in [0.25, 0.3) is 22.0 Å². The van der Waals surface area contributed by atoms with Crippen molar-refractivity contribution in [2.24, 2.45) is 0 Å². The molecular weight excluding hydrogens is 370 g/mol. The molecule has 1 aliphatic rings. The SMILES string of the molecule is Nc1ccc(-c2ccc3ncn(CCN4CCCCC4)c(=O)c3c2)cc1[N+](=O)[O-]. The zero-order valence-corrected chi connectivity index (χ0v) is 16.1. The summed E-state index contributed by atoms with van der Waals surface area (Å²) in [6.45, 7) is 3.59. The Morgan fingerprint density at radius 3 is 2.52 bits per heavy atom. The molecule has 1 aromatic heterocycles. The van der Waals surface area contributed by atoms with Crippen LogP contribution < -0.4 is 11.3 Å². The van der Waals surface area contributed by atoms with Crippen molar-refractivity contribution in [1.82, 2.24) is 14.5 Å². The number of nitrogens with two attached hydrogens (primary N) is 1. The van der Waals surface area contributed by atoms with Gasteiger partial charge >= 0.3 is 0 Å². The molecule has 8 heteroatoms. The molecule has 1 aliphatic heterocycles. The molecule has 1 fully saturated rings. The van der Waals surface area contributed by atoms with Crippen LogP contribution in [0.2, 0.25) is 0 Å². The molecule has 3 aromatic rings. The van der Waals surface area contributed by atoms with E-state index in [-0.39, 0.29) is 16.9 Å². The number of rotatable bonds is 5. The Bertz CT molecular complexity index is 1120. The van der Waals surface area contributed by atoms with E-state index < -0.39 is 4.92 Å². The smallest absolute Gasteiger partial charge is 0.292 e. The van der Waals surface area contributed by atoms with Gasteiger partial charge in [-0.3, -0.25) is 19.5 Å². The molecule has 2 heterocycles. The van der Waals surface area contributed by atoms with Gasteiger partial charge in [0.1, 0.15) is 5.69 Å². The van der Waals surface area contributed by atoms with Gasteiger partial charge in [-0.05, 0) is 55.3 Å². The largest absolute Gasteiger partial charge is 0.393 e. The summed E-state index contributed by atoms with van der Waals surface area (Å²) < 4.78 is 1.64. The van der Waals surface area contributed by atoms with Crippen molar-refractivity contribution in [3.63, 3.8) is 0 Å². The van der Waals surface area contributed by atoms with Crippen LogP contribution in [0.15, 0.2) is 47.5 Å². The van der Waals surface area contributed by atoms with Gasteiger partial charge in [-0.1, -0.05) is 18.6 Å². The Morgan fingerprint density at radius 1 is 1.03 bits per heavy atom. The Hall–Kier alpha value is -3.26. The lowest BCUT2D eigenvalue weighted by molar-refractivity contribution is -0.383. The van der Waals surface area contributed by atoms with E-state index in [0.29, 0.717) is 28.6 Å². The van der Waals surface area contributed by atoms with Crippen molar-refractivity contribution in [3.8, 4) is 11.1 Å². The summed E-state index contributed by atoms with van der Waals surface area (Å²) in [6, 6.07) is 9.98. The Morgan fingerprint density at radius 2 is 1.76 bits per heavy atom. The van der Waals surface area contributed by atoms with Gasteiger partial charge in [0.25, 0.3) is 11.2 Å². The number of fused-ring (bicyclic) bond motifs is 1. The molecule has 2 aromatic carbocycles. The van der Waals surface area contributed by atoms with Crippen LogP contribution >= 0.6 is 0 Å². The zero-order chi connectivity index (χ0) is 20.4. The number of aromatic nitrogens is 2. The number of piperidine rings is 1. The number of nitro groups is 1. The van der Waals surface area contributed by atoms with Gasteiger partial charge in [-0.2, -0.15) is 0 Å². The molecule has 150 valence electrons. The molecule has 0 radical (unpaired) electrons. The molecule has 0 spiro atoms. The summed E-state index contributed by atoms with van der Waals surface area (Å²) in [6.07, 6.45) is 5.30. The molecule has 0 aliphatic carbocycles. The molecule has 0 amide bonds. The highest BCUT2D eigenvalue weighted by Gasteiger charge is 2.14. The second-order valence-corrected chi connectivity index (χ2v) is 7.41. The number of nitrogens with zero attached hydrogens (tertiary/aromatic N) is 4. The van der Waals surface area contributed by atoms with Gasteiger partial charge in [0.15, 0.2) is 0 Å². The Labute approximate surface area is 167 Å². The molecule has 0 atom stereocenters. The predicted octanol–water partition coefficient (Wildman–Crippen LogP) is 3.04. The van der Waals surface area contributed by atoms with E-state index in [1.807, 2.05) is 6.07 Å². The minimum absolute atomic E-state index is 0.0983. The first kappa shape index (κ1) is 19.1. The summed E-state index contributed by atoms with van der Waals surface area (Å²) in [4.78, 5) is 30.5. The fraction of sp³-hybridized carbons (Fsp3) is 0.333. The fourth-order valence-corrected chi connectivity index (χ4v) is 3.81. The van der Waals surface area contributed by atoms with Crippen molar-refractivity contribution in [2.75, 3.05) is 25.4 Å². The highest BCUT2D eigenvalue weighted by atomic mass is 16.6. The van der Waals surface area contributed by atoms with Crippen LogP contribution in [-0.2, 0) is 6.54 Å². The van der Waals surface area contributed by atoms with Crippen LogP contribution in [-0.4, -0.2) is 39.0 Å². The second kappa shape index (κ2) is 8.00. The topological polar surface area (TPSA) is 107 Å². The third-order valence-corrected chi connectivity index (χ3v) is 5.49. The van der Waals surface area contributed by atoms with E-state index in [1.54, 1.807) is 29.1 Å². The van der Waals surface area contributed by atoms with Gasteiger partial charge in [-0.15, -0.1) is 0 Å². The van der Waals surface area contributed by atoms with Crippen LogP contribution in [0.5, 0.6) is 0 Å². The molecule has 0 saturated carbocycles. The number of nitrogen functional groups attached to an aromatic ring is 1. The minimum atomic E-state index is -0.505. The molecule has 2 N–H and O–H groups in total. The van der Waals surface area contributed by atoms with E-state index >= 15 is 0 Å². The Balaban J connectivity index is 1.66. The first-order chi connectivity index (χ1) is 14.0. The van der Waals surface area contributed by atoms with Gasteiger partial charge in [0, 0.05) is 19.2 Å². The van der Waals surface area contributed by atoms with Crippen LogP contribution in [0.4, 0.5) is 11.4 Å². The van der Waals surface area contributed by atoms with Crippen molar-refractivity contribution >= 4 is 22.3 Å². The number of hydrogen-bond acceptors (Lipinski definition) is 6. The van der Waals surface area contributed by atoms with Crippen LogP contribution in [0.1, 0.15) is 19.3 Å². The molecular formula is C21H23N5O3. The highest BCUT2D eigenvalue weighted by molar-refractivity contribution is 5.84. The van der Waals surface area contributed by atoms with Crippen molar-refractivity contribution in [1.29, 1.82) is 0 Å². The normalized spacial score (nSPS) is 14.9. The second-order valence-electron chi connectivity index (χ2n) is 7.41. The van der Waals surface area contributed by atoms with Crippen molar-refractivity contribution < 1.29 is 4.92 Å². The molecule has 4 rings (SSSR count). The van der Waals surface area contributed by atoms with E-state index in [1.165, 1.54) is 31.4 Å². The highest BCUT2D eigenvalue weighted by Crippen LogP contribution is 2.29. The standard InChI is InChI=1S/C21H23N5O3/c22-18-6-4-16(13-20(18)26(28)29)15-5-7-19-17(12-15)21(27)25(14-23-19)11-10-24-8-2-1-3-9-24/h4-7,12-14H,1-3,8-11,22H2. The number of benzene rings is 2. The summed E-state index contributed by atoms with van der Waals surface area (Å²) in [5.74, 6) is 0. The third kappa shape index (κ3) is 3.97. The van der Waals surface area contributed by atoms with Crippen LogP contribution in [0, 0.1) is 10.1 Å². The van der Waals surface area contributed by atoms with E-state index in [0.717, 1.165) is 19.6 Å². The van der Waals surface area contributed by atoms with Gasteiger partial charge in [0.2, 0.25) is 0 Å². The summed E-state index contributed by atoms with van der Waals surface area (Å²) in [7, 11) is 0.